The van der Waals surface area contributed by atoms with Gasteiger partial charge < -0.3 is 20.5 Å². The lowest BCUT2D eigenvalue weighted by Gasteiger charge is -2.08. The lowest BCUT2D eigenvalue weighted by molar-refractivity contribution is 0.0759. The third-order valence-electron chi connectivity index (χ3n) is 2.09. The minimum Gasteiger partial charge on any atom is -0.384 e. The van der Waals surface area contributed by atoms with E-state index in [0.717, 1.165) is 18.1 Å². The first-order chi connectivity index (χ1) is 8.26. The van der Waals surface area contributed by atoms with Crippen LogP contribution in [0.3, 0.4) is 0 Å². The fourth-order valence-corrected chi connectivity index (χ4v) is 1.26. The molecule has 0 fully saturated rings. The summed E-state index contributed by atoms with van der Waals surface area (Å²) in [7, 11) is 1.65. The number of nitrogen functional groups attached to an aromatic ring is 1. The SMILES string of the molecule is CCc1nc(N)cc(NCCOCCOC)n1. The van der Waals surface area contributed by atoms with Crippen molar-refractivity contribution >= 4 is 11.6 Å². The van der Waals surface area contributed by atoms with Crippen LogP contribution in [0.1, 0.15) is 12.7 Å². The molecule has 0 atom stereocenters. The standard InChI is InChI=1S/C11H20N4O2/c1-3-10-14-9(12)8-11(15-10)13-4-5-17-7-6-16-2/h8H,3-7H2,1-2H3,(H3,12,13,14,15). The van der Waals surface area contributed by atoms with E-state index in [1.807, 2.05) is 6.92 Å². The van der Waals surface area contributed by atoms with Gasteiger partial charge in [-0.15, -0.1) is 0 Å². The highest BCUT2D eigenvalue weighted by Crippen LogP contribution is 2.08. The molecule has 0 amide bonds. The molecule has 0 aliphatic carbocycles. The van der Waals surface area contributed by atoms with Gasteiger partial charge in [-0.25, -0.2) is 9.97 Å². The van der Waals surface area contributed by atoms with Crippen LogP contribution in [-0.2, 0) is 15.9 Å². The summed E-state index contributed by atoms with van der Waals surface area (Å²) in [6.07, 6.45) is 0.768. The number of aromatic nitrogens is 2. The molecule has 17 heavy (non-hydrogen) atoms. The number of nitrogens with zero attached hydrogens (tertiary/aromatic N) is 2. The van der Waals surface area contributed by atoms with Crippen LogP contribution in [-0.4, -0.2) is 43.4 Å². The predicted octanol–water partition coefficient (Wildman–Crippen LogP) is 0.696. The van der Waals surface area contributed by atoms with Gasteiger partial charge in [-0.05, 0) is 0 Å². The molecule has 96 valence electrons. The Morgan fingerprint density at radius 2 is 2.12 bits per heavy atom. The third-order valence-corrected chi connectivity index (χ3v) is 2.09. The smallest absolute Gasteiger partial charge is 0.132 e. The Hall–Kier alpha value is -1.40. The first kappa shape index (κ1) is 13.7. The second kappa shape index (κ2) is 7.81. The Kier molecular flexibility index (Phi) is 6.27. The van der Waals surface area contributed by atoms with Crippen LogP contribution in [0.4, 0.5) is 11.6 Å². The molecule has 0 saturated carbocycles. The number of ether oxygens (including phenoxy) is 2. The first-order valence-corrected chi connectivity index (χ1v) is 5.70. The summed E-state index contributed by atoms with van der Waals surface area (Å²) in [5.74, 6) is 1.97. The van der Waals surface area contributed by atoms with Gasteiger partial charge in [0.1, 0.15) is 17.5 Å². The molecular weight excluding hydrogens is 220 g/mol. The van der Waals surface area contributed by atoms with Gasteiger partial charge in [0.25, 0.3) is 0 Å². The number of nitrogens with two attached hydrogens (primary N) is 1. The normalized spacial score (nSPS) is 10.5. The summed E-state index contributed by atoms with van der Waals surface area (Å²) in [4.78, 5) is 8.40. The maximum absolute atomic E-state index is 5.67. The van der Waals surface area contributed by atoms with Crippen molar-refractivity contribution < 1.29 is 9.47 Å². The Balaban J connectivity index is 2.28. The second-order valence-corrected chi connectivity index (χ2v) is 3.48. The average molecular weight is 240 g/mol. The van der Waals surface area contributed by atoms with E-state index in [4.69, 9.17) is 15.2 Å². The number of hydrogen-bond acceptors (Lipinski definition) is 6. The lowest BCUT2D eigenvalue weighted by atomic mass is 10.4. The van der Waals surface area contributed by atoms with Crippen molar-refractivity contribution in [2.75, 3.05) is 44.5 Å². The zero-order valence-corrected chi connectivity index (χ0v) is 10.4. The molecule has 1 rings (SSSR count). The second-order valence-electron chi connectivity index (χ2n) is 3.48. The number of anilines is 2. The van der Waals surface area contributed by atoms with Gasteiger partial charge in [0.15, 0.2) is 0 Å². The maximum atomic E-state index is 5.67. The van der Waals surface area contributed by atoms with Crippen molar-refractivity contribution in [1.82, 2.24) is 9.97 Å². The minimum absolute atomic E-state index is 0.486. The fraction of sp³-hybridized carbons (Fsp3) is 0.636. The van der Waals surface area contributed by atoms with E-state index in [0.29, 0.717) is 32.2 Å². The Bertz CT molecular complexity index is 333. The third kappa shape index (κ3) is 5.46. The number of methoxy groups -OCH3 is 1. The van der Waals surface area contributed by atoms with Gasteiger partial charge in [0.2, 0.25) is 0 Å². The highest BCUT2D eigenvalue weighted by molar-refractivity contribution is 5.44. The summed E-state index contributed by atoms with van der Waals surface area (Å²) in [6.45, 7) is 4.50. The van der Waals surface area contributed by atoms with Crippen LogP contribution in [0, 0.1) is 0 Å². The summed E-state index contributed by atoms with van der Waals surface area (Å²) in [6, 6.07) is 1.72. The van der Waals surface area contributed by atoms with Crippen LogP contribution in [0.15, 0.2) is 6.07 Å². The Labute approximate surface area is 102 Å². The molecule has 1 aromatic heterocycles. The number of nitrogens with one attached hydrogen (secondary N) is 1. The molecule has 0 spiro atoms. The van der Waals surface area contributed by atoms with Gasteiger partial charge in [-0.2, -0.15) is 0 Å². The first-order valence-electron chi connectivity index (χ1n) is 5.70. The van der Waals surface area contributed by atoms with E-state index in [1.165, 1.54) is 0 Å². The molecule has 0 aliphatic rings. The van der Waals surface area contributed by atoms with E-state index in [9.17, 15) is 0 Å². The molecule has 0 saturated heterocycles. The van der Waals surface area contributed by atoms with Gasteiger partial charge >= 0.3 is 0 Å². The highest BCUT2D eigenvalue weighted by Gasteiger charge is 2.00. The summed E-state index contributed by atoms with van der Waals surface area (Å²) >= 11 is 0. The molecule has 0 aliphatic heterocycles. The van der Waals surface area contributed by atoms with Crippen LogP contribution < -0.4 is 11.1 Å². The van der Waals surface area contributed by atoms with Crippen LogP contribution in [0.25, 0.3) is 0 Å². The molecular formula is C11H20N4O2. The topological polar surface area (TPSA) is 82.3 Å². The molecule has 1 aromatic rings. The molecule has 0 bridgehead atoms. The minimum atomic E-state index is 0.486. The van der Waals surface area contributed by atoms with E-state index < -0.39 is 0 Å². The molecule has 6 nitrogen and oxygen atoms in total. The Morgan fingerprint density at radius 3 is 2.82 bits per heavy atom. The van der Waals surface area contributed by atoms with Crippen molar-refractivity contribution in [1.29, 1.82) is 0 Å². The molecule has 0 unspecified atom stereocenters. The maximum Gasteiger partial charge on any atom is 0.132 e. The summed E-state index contributed by atoms with van der Waals surface area (Å²) in [5, 5.41) is 3.14. The lowest BCUT2D eigenvalue weighted by Crippen LogP contribution is -2.13. The summed E-state index contributed by atoms with van der Waals surface area (Å²) in [5.41, 5.74) is 5.67. The highest BCUT2D eigenvalue weighted by atomic mass is 16.5. The molecule has 0 radical (unpaired) electrons. The molecule has 1 heterocycles. The van der Waals surface area contributed by atoms with Crippen LogP contribution in [0.5, 0.6) is 0 Å². The number of rotatable bonds is 8. The predicted molar refractivity (Wildman–Crippen MR) is 67.0 cm³/mol. The average Bonchev–Trinajstić information content (AvgIpc) is 2.33. The van der Waals surface area contributed by atoms with Crippen LogP contribution in [0.2, 0.25) is 0 Å². The molecule has 6 heteroatoms. The van der Waals surface area contributed by atoms with E-state index >= 15 is 0 Å². The number of hydrogen-bond donors (Lipinski definition) is 2. The zero-order chi connectivity index (χ0) is 12.5. The van der Waals surface area contributed by atoms with Gasteiger partial charge in [-0.3, -0.25) is 0 Å². The van der Waals surface area contributed by atoms with E-state index in [2.05, 4.69) is 15.3 Å². The molecule has 3 N–H and O–H groups in total. The van der Waals surface area contributed by atoms with Gasteiger partial charge in [0, 0.05) is 26.1 Å². The quantitative estimate of drug-likeness (QED) is 0.651. The van der Waals surface area contributed by atoms with Crippen molar-refractivity contribution in [2.24, 2.45) is 0 Å². The van der Waals surface area contributed by atoms with Crippen LogP contribution >= 0.6 is 0 Å². The summed E-state index contributed by atoms with van der Waals surface area (Å²) < 4.78 is 10.2. The monoisotopic (exact) mass is 240 g/mol. The molecule has 0 aromatic carbocycles. The number of aryl methyl sites for hydroxylation is 1. The van der Waals surface area contributed by atoms with Crippen molar-refractivity contribution in [3.8, 4) is 0 Å². The van der Waals surface area contributed by atoms with E-state index in [-0.39, 0.29) is 0 Å². The largest absolute Gasteiger partial charge is 0.384 e. The Morgan fingerprint density at radius 1 is 1.29 bits per heavy atom. The fourth-order valence-electron chi connectivity index (χ4n) is 1.26. The van der Waals surface area contributed by atoms with Crippen molar-refractivity contribution in [2.45, 2.75) is 13.3 Å². The van der Waals surface area contributed by atoms with Gasteiger partial charge in [-0.1, -0.05) is 6.92 Å². The van der Waals surface area contributed by atoms with Crippen molar-refractivity contribution in [3.63, 3.8) is 0 Å². The van der Waals surface area contributed by atoms with E-state index in [1.54, 1.807) is 13.2 Å². The van der Waals surface area contributed by atoms with Crippen molar-refractivity contribution in [3.05, 3.63) is 11.9 Å². The zero-order valence-electron chi connectivity index (χ0n) is 10.4. The van der Waals surface area contributed by atoms with Gasteiger partial charge in [0.05, 0.1) is 19.8 Å².